The van der Waals surface area contributed by atoms with Crippen molar-refractivity contribution in [1.82, 2.24) is 14.9 Å². The summed E-state index contributed by atoms with van der Waals surface area (Å²) in [6, 6.07) is 17.2. The van der Waals surface area contributed by atoms with Gasteiger partial charge in [-0.1, -0.05) is 48.0 Å². The lowest BCUT2D eigenvalue weighted by atomic mass is 10.1. The van der Waals surface area contributed by atoms with E-state index >= 15 is 0 Å². The second kappa shape index (κ2) is 10.3. The molecule has 4 aromatic rings. The predicted molar refractivity (Wildman–Crippen MR) is 130 cm³/mol. The average molecular weight is 492 g/mol. The molecule has 0 saturated carbocycles. The fourth-order valence-corrected chi connectivity index (χ4v) is 3.92. The minimum Gasteiger partial charge on any atom is -0.485 e. The van der Waals surface area contributed by atoms with E-state index in [9.17, 15) is 14.9 Å². The van der Waals surface area contributed by atoms with Gasteiger partial charge < -0.3 is 15.0 Å². The molecule has 2 aromatic carbocycles. The van der Waals surface area contributed by atoms with E-state index in [1.165, 1.54) is 22.9 Å². The molecule has 0 aliphatic rings. The van der Waals surface area contributed by atoms with Crippen LogP contribution in [0, 0.1) is 24.0 Å². The molecule has 0 unspecified atom stereocenters. The van der Waals surface area contributed by atoms with Crippen LogP contribution in [-0.2, 0) is 6.61 Å². The van der Waals surface area contributed by atoms with E-state index in [0.717, 1.165) is 22.9 Å². The van der Waals surface area contributed by atoms with Crippen LogP contribution in [0.3, 0.4) is 0 Å². The zero-order valence-corrected chi connectivity index (χ0v) is 19.7. The van der Waals surface area contributed by atoms with Crippen molar-refractivity contribution < 1.29 is 18.9 Å². The van der Waals surface area contributed by atoms with E-state index in [1.807, 2.05) is 50.2 Å². The summed E-state index contributed by atoms with van der Waals surface area (Å²) >= 11 is 0.998. The van der Waals surface area contributed by atoms with Gasteiger partial charge in [-0.05, 0) is 43.3 Å². The third-order valence-electron chi connectivity index (χ3n) is 5.00. The molecule has 0 aliphatic heterocycles. The first-order valence-electron chi connectivity index (χ1n) is 10.4. The van der Waals surface area contributed by atoms with Gasteiger partial charge in [-0.25, -0.2) is 4.68 Å². The minimum absolute atomic E-state index is 0.0719. The number of nitrogens with two attached hydrogens (primary N) is 1. The van der Waals surface area contributed by atoms with Crippen LogP contribution in [0.15, 0.2) is 76.3 Å². The van der Waals surface area contributed by atoms with Gasteiger partial charge in [0.2, 0.25) is 5.16 Å². The zero-order chi connectivity index (χ0) is 24.9. The lowest BCUT2D eigenvalue weighted by Gasteiger charge is -2.09. The number of allylic oxidation sites excluding steroid dienone is 1. The standard InChI is InChI=1S/C24H21N5O5S/c1-15-7-9-17(10-8-15)18(30)13-21(20-11-12-23(34-20)29(31)32)35-24-27-26-22(28(24)25)14-33-19-6-4-3-5-16(19)2/h3-13H,14,25H2,1-2H3/b21-13+. The highest BCUT2D eigenvalue weighted by Gasteiger charge is 2.21. The smallest absolute Gasteiger partial charge is 0.433 e. The Morgan fingerprint density at radius 1 is 1.14 bits per heavy atom. The summed E-state index contributed by atoms with van der Waals surface area (Å²) in [4.78, 5) is 23.6. The van der Waals surface area contributed by atoms with Crippen LogP contribution in [-0.4, -0.2) is 25.6 Å². The van der Waals surface area contributed by atoms with Gasteiger partial charge in [0.05, 0.1) is 11.0 Å². The number of aryl methyl sites for hydroxylation is 2. The van der Waals surface area contributed by atoms with Crippen molar-refractivity contribution in [3.8, 4) is 5.75 Å². The van der Waals surface area contributed by atoms with Crippen molar-refractivity contribution in [1.29, 1.82) is 0 Å². The van der Waals surface area contributed by atoms with Crippen molar-refractivity contribution in [3.05, 3.63) is 105 Å². The lowest BCUT2D eigenvalue weighted by molar-refractivity contribution is -0.402. The van der Waals surface area contributed by atoms with Crippen LogP contribution >= 0.6 is 11.8 Å². The number of hydrogen-bond acceptors (Lipinski definition) is 9. The highest BCUT2D eigenvalue weighted by Crippen LogP contribution is 2.36. The average Bonchev–Trinajstić information content (AvgIpc) is 3.46. The number of ketones is 1. The summed E-state index contributed by atoms with van der Waals surface area (Å²) < 4.78 is 12.4. The number of furan rings is 1. The Labute approximate surface area is 204 Å². The van der Waals surface area contributed by atoms with Gasteiger partial charge in [-0.2, -0.15) is 0 Å². The summed E-state index contributed by atoms with van der Waals surface area (Å²) in [7, 11) is 0. The normalized spacial score (nSPS) is 11.4. The fraction of sp³-hybridized carbons (Fsp3) is 0.125. The molecule has 0 amide bonds. The molecule has 2 N–H and O–H groups in total. The highest BCUT2D eigenvalue weighted by atomic mass is 32.2. The molecule has 0 spiro atoms. The molecule has 10 nitrogen and oxygen atoms in total. The molecule has 0 atom stereocenters. The van der Waals surface area contributed by atoms with E-state index in [4.69, 9.17) is 15.0 Å². The molecule has 0 aliphatic carbocycles. The van der Waals surface area contributed by atoms with Crippen LogP contribution < -0.4 is 10.6 Å². The second-order valence-corrected chi connectivity index (χ2v) is 8.57. The Hall–Kier alpha value is -4.38. The third-order valence-corrected chi connectivity index (χ3v) is 6.00. The van der Waals surface area contributed by atoms with Gasteiger partial charge >= 0.3 is 5.88 Å². The Bertz CT molecular complexity index is 1410. The van der Waals surface area contributed by atoms with Gasteiger partial charge in [-0.15, -0.1) is 10.2 Å². The molecule has 0 radical (unpaired) electrons. The van der Waals surface area contributed by atoms with Crippen molar-refractivity contribution in [2.45, 2.75) is 25.6 Å². The number of para-hydroxylation sites is 1. The highest BCUT2D eigenvalue weighted by molar-refractivity contribution is 8.08. The SMILES string of the molecule is Cc1ccc(C(=O)/C=C(/Sc2nnc(COc3ccccc3C)n2N)c2ccc([N+](=O)[O-])o2)cc1. The van der Waals surface area contributed by atoms with Crippen LogP contribution in [0.4, 0.5) is 5.88 Å². The van der Waals surface area contributed by atoms with Crippen LogP contribution in [0.5, 0.6) is 5.75 Å². The number of nitro groups is 1. The van der Waals surface area contributed by atoms with E-state index in [2.05, 4.69) is 10.2 Å². The monoisotopic (exact) mass is 491 g/mol. The third kappa shape index (κ3) is 5.58. The minimum atomic E-state index is -0.653. The molecular formula is C24H21N5O5S. The molecule has 0 bridgehead atoms. The summed E-state index contributed by atoms with van der Waals surface area (Å²) in [5.74, 6) is 6.60. The number of hydrogen-bond donors (Lipinski definition) is 1. The van der Waals surface area contributed by atoms with Crippen LogP contribution in [0.1, 0.15) is 33.1 Å². The number of aromatic nitrogens is 3. The van der Waals surface area contributed by atoms with Crippen LogP contribution in [0.25, 0.3) is 4.91 Å². The molecule has 35 heavy (non-hydrogen) atoms. The van der Waals surface area contributed by atoms with Gasteiger partial charge in [-0.3, -0.25) is 14.9 Å². The fourth-order valence-electron chi connectivity index (χ4n) is 3.06. The number of nitrogens with zero attached hydrogens (tertiary/aromatic N) is 4. The predicted octanol–water partition coefficient (Wildman–Crippen LogP) is 4.71. The number of rotatable bonds is 9. The number of ether oxygens (including phenoxy) is 1. The summed E-state index contributed by atoms with van der Waals surface area (Å²) in [5.41, 5.74) is 2.43. The van der Waals surface area contributed by atoms with Gasteiger partial charge in [0, 0.05) is 11.6 Å². The second-order valence-electron chi connectivity index (χ2n) is 7.56. The maximum atomic E-state index is 12.9. The van der Waals surface area contributed by atoms with Gasteiger partial charge in [0.25, 0.3) is 0 Å². The molecular weight excluding hydrogens is 470 g/mol. The van der Waals surface area contributed by atoms with Crippen molar-refractivity contribution in [2.24, 2.45) is 0 Å². The first-order chi connectivity index (χ1) is 16.8. The Balaban J connectivity index is 1.60. The molecule has 0 fully saturated rings. The molecule has 2 aromatic heterocycles. The molecule has 11 heteroatoms. The number of thioether (sulfide) groups is 1. The number of carbonyl (C=O) groups excluding carboxylic acids is 1. The Morgan fingerprint density at radius 3 is 2.57 bits per heavy atom. The van der Waals surface area contributed by atoms with Gasteiger partial charge in [0.15, 0.2) is 11.6 Å². The van der Waals surface area contributed by atoms with Crippen molar-refractivity contribution in [3.63, 3.8) is 0 Å². The van der Waals surface area contributed by atoms with E-state index < -0.39 is 10.8 Å². The number of carbonyl (C=O) groups is 1. The first-order valence-corrected chi connectivity index (χ1v) is 11.3. The maximum absolute atomic E-state index is 12.9. The van der Waals surface area contributed by atoms with Crippen LogP contribution in [0.2, 0.25) is 0 Å². The molecule has 0 saturated heterocycles. The van der Waals surface area contributed by atoms with E-state index in [-0.39, 0.29) is 28.2 Å². The quantitative estimate of drug-likeness (QED) is 0.0880. The van der Waals surface area contributed by atoms with E-state index in [0.29, 0.717) is 17.1 Å². The van der Waals surface area contributed by atoms with Gasteiger partial charge in [0.1, 0.15) is 23.0 Å². The number of benzene rings is 2. The summed E-state index contributed by atoms with van der Waals surface area (Å²) in [6.45, 7) is 3.92. The largest absolute Gasteiger partial charge is 0.485 e. The summed E-state index contributed by atoms with van der Waals surface area (Å²) in [5, 5.41) is 19.5. The molecule has 178 valence electrons. The lowest BCUT2D eigenvalue weighted by Crippen LogP contribution is -2.16. The Kier molecular flexibility index (Phi) is 6.97. The maximum Gasteiger partial charge on any atom is 0.433 e. The Morgan fingerprint density at radius 2 is 1.89 bits per heavy atom. The van der Waals surface area contributed by atoms with Crippen molar-refractivity contribution in [2.75, 3.05) is 5.84 Å². The van der Waals surface area contributed by atoms with Crippen molar-refractivity contribution >= 4 is 28.3 Å². The molecule has 4 rings (SSSR count). The first kappa shape index (κ1) is 23.8. The van der Waals surface area contributed by atoms with E-state index in [1.54, 1.807) is 12.1 Å². The topological polar surface area (TPSA) is 139 Å². The molecule has 2 heterocycles. The number of nitrogen functional groups attached to an aromatic ring is 1. The summed E-state index contributed by atoms with van der Waals surface area (Å²) in [6.07, 6.45) is 1.33. The zero-order valence-electron chi connectivity index (χ0n) is 18.9.